The molecule has 4 nitrogen and oxygen atoms in total. The Labute approximate surface area is 89.6 Å². The molecule has 0 amide bonds. The van der Waals surface area contributed by atoms with Crippen LogP contribution in [0.1, 0.15) is 5.56 Å². The molecule has 1 aromatic carbocycles. The van der Waals surface area contributed by atoms with Crippen LogP contribution in [0.4, 0.5) is 11.4 Å². The van der Waals surface area contributed by atoms with Crippen molar-refractivity contribution in [2.24, 2.45) is 0 Å². The molecule has 14 heavy (non-hydrogen) atoms. The summed E-state index contributed by atoms with van der Waals surface area (Å²) in [7, 11) is -3.25. The van der Waals surface area contributed by atoms with Gasteiger partial charge in [0.2, 0.25) is 0 Å². The number of anilines is 2. The molecule has 0 fully saturated rings. The van der Waals surface area contributed by atoms with E-state index >= 15 is 0 Å². The molecule has 0 aromatic heterocycles. The van der Waals surface area contributed by atoms with Gasteiger partial charge in [0.25, 0.3) is 0 Å². The van der Waals surface area contributed by atoms with Crippen LogP contribution >= 0.6 is 12.4 Å². The van der Waals surface area contributed by atoms with Crippen molar-refractivity contribution < 1.29 is 8.42 Å². The van der Waals surface area contributed by atoms with Crippen LogP contribution < -0.4 is 11.5 Å². The topological polar surface area (TPSA) is 86.2 Å². The predicted octanol–water partition coefficient (Wildman–Crippen LogP) is 0.985. The summed E-state index contributed by atoms with van der Waals surface area (Å²) in [6.45, 7) is 1.69. The van der Waals surface area contributed by atoms with E-state index < -0.39 is 9.84 Å². The summed E-state index contributed by atoms with van der Waals surface area (Å²) in [5, 5.41) is 0. The summed E-state index contributed by atoms with van der Waals surface area (Å²) < 4.78 is 22.4. The van der Waals surface area contributed by atoms with E-state index in [1.165, 1.54) is 6.07 Å². The van der Waals surface area contributed by atoms with Gasteiger partial charge >= 0.3 is 0 Å². The number of hydrogen-bond acceptors (Lipinski definition) is 4. The van der Waals surface area contributed by atoms with Crippen LogP contribution in [0.2, 0.25) is 0 Å². The molecule has 0 aliphatic rings. The van der Waals surface area contributed by atoms with Crippen LogP contribution in [0.3, 0.4) is 0 Å². The second-order valence-electron chi connectivity index (χ2n) is 2.96. The van der Waals surface area contributed by atoms with E-state index in [1.54, 1.807) is 13.0 Å². The fourth-order valence-electron chi connectivity index (χ4n) is 1.04. The van der Waals surface area contributed by atoms with Gasteiger partial charge in [-0.2, -0.15) is 0 Å². The van der Waals surface area contributed by atoms with Crippen molar-refractivity contribution in [1.29, 1.82) is 0 Å². The quantitative estimate of drug-likeness (QED) is 0.712. The maximum absolute atomic E-state index is 11.2. The minimum Gasteiger partial charge on any atom is -0.398 e. The third kappa shape index (κ3) is 2.30. The van der Waals surface area contributed by atoms with Crippen LogP contribution in [-0.2, 0) is 9.84 Å². The van der Waals surface area contributed by atoms with Crippen LogP contribution in [0, 0.1) is 6.92 Å². The number of nitrogens with two attached hydrogens (primary N) is 2. The first-order valence-electron chi connectivity index (χ1n) is 3.68. The summed E-state index contributed by atoms with van der Waals surface area (Å²) in [4.78, 5) is 0.138. The first-order valence-corrected chi connectivity index (χ1v) is 5.58. The van der Waals surface area contributed by atoms with E-state index in [2.05, 4.69) is 0 Å². The maximum Gasteiger partial charge on any atom is 0.177 e. The van der Waals surface area contributed by atoms with E-state index in [1.807, 2.05) is 0 Å². The SMILES string of the molecule is Cc1c(N)ccc(S(C)(=O)=O)c1N.Cl. The molecular formula is C8H13ClN2O2S. The summed E-state index contributed by atoms with van der Waals surface area (Å²) in [5.41, 5.74) is 12.5. The van der Waals surface area contributed by atoms with Crippen molar-refractivity contribution in [3.05, 3.63) is 17.7 Å². The second-order valence-corrected chi connectivity index (χ2v) is 4.95. The summed E-state index contributed by atoms with van der Waals surface area (Å²) in [6.07, 6.45) is 1.12. The van der Waals surface area contributed by atoms with Crippen molar-refractivity contribution in [3.63, 3.8) is 0 Å². The molecule has 1 aromatic rings. The first-order chi connectivity index (χ1) is 5.84. The number of halogens is 1. The largest absolute Gasteiger partial charge is 0.398 e. The van der Waals surface area contributed by atoms with Crippen molar-refractivity contribution >= 4 is 33.6 Å². The number of hydrogen-bond donors (Lipinski definition) is 2. The van der Waals surface area contributed by atoms with Gasteiger partial charge in [0, 0.05) is 11.9 Å². The smallest absolute Gasteiger partial charge is 0.177 e. The van der Waals surface area contributed by atoms with Crippen molar-refractivity contribution in [2.75, 3.05) is 17.7 Å². The zero-order valence-corrected chi connectivity index (χ0v) is 9.58. The number of sulfone groups is 1. The van der Waals surface area contributed by atoms with Gasteiger partial charge in [0.1, 0.15) is 0 Å². The summed E-state index contributed by atoms with van der Waals surface area (Å²) in [5.74, 6) is 0. The van der Waals surface area contributed by atoms with Gasteiger partial charge in [-0.3, -0.25) is 0 Å². The Bertz CT molecular complexity index is 443. The third-order valence-electron chi connectivity index (χ3n) is 1.92. The molecule has 0 aliphatic carbocycles. The highest BCUT2D eigenvalue weighted by Gasteiger charge is 2.13. The molecule has 0 saturated carbocycles. The van der Waals surface area contributed by atoms with Crippen LogP contribution in [0.25, 0.3) is 0 Å². The predicted molar refractivity (Wildman–Crippen MR) is 60.4 cm³/mol. The summed E-state index contributed by atoms with van der Waals surface area (Å²) >= 11 is 0. The maximum atomic E-state index is 11.2. The van der Waals surface area contributed by atoms with Gasteiger partial charge < -0.3 is 11.5 Å². The molecular weight excluding hydrogens is 224 g/mol. The van der Waals surface area contributed by atoms with Crippen molar-refractivity contribution in [3.8, 4) is 0 Å². The molecule has 6 heteroatoms. The minimum atomic E-state index is -3.25. The molecule has 0 saturated heterocycles. The van der Waals surface area contributed by atoms with Gasteiger partial charge in [-0.25, -0.2) is 8.42 Å². The lowest BCUT2D eigenvalue weighted by Gasteiger charge is -2.08. The van der Waals surface area contributed by atoms with Gasteiger partial charge in [-0.15, -0.1) is 12.4 Å². The Morgan fingerprint density at radius 3 is 2.14 bits per heavy atom. The molecule has 0 bridgehead atoms. The Morgan fingerprint density at radius 2 is 1.71 bits per heavy atom. The van der Waals surface area contributed by atoms with Crippen LogP contribution in [0.5, 0.6) is 0 Å². The standard InChI is InChI=1S/C8H12N2O2S.ClH/c1-5-6(9)3-4-7(8(5)10)13(2,11)12;/h3-4H,9-10H2,1-2H3;1H. The number of nitrogen functional groups attached to an aromatic ring is 2. The number of rotatable bonds is 1. The molecule has 80 valence electrons. The van der Waals surface area contributed by atoms with Crippen molar-refractivity contribution in [2.45, 2.75) is 11.8 Å². The fourth-order valence-corrected chi connectivity index (χ4v) is 1.91. The molecule has 0 unspecified atom stereocenters. The van der Waals surface area contributed by atoms with E-state index in [4.69, 9.17) is 11.5 Å². The Hall–Kier alpha value is -0.940. The van der Waals surface area contributed by atoms with E-state index in [0.29, 0.717) is 11.3 Å². The first kappa shape index (κ1) is 13.1. The van der Waals surface area contributed by atoms with E-state index in [-0.39, 0.29) is 23.0 Å². The zero-order chi connectivity index (χ0) is 10.2. The molecule has 0 spiro atoms. The van der Waals surface area contributed by atoms with Gasteiger partial charge in [0.15, 0.2) is 9.84 Å². The zero-order valence-electron chi connectivity index (χ0n) is 7.94. The molecule has 0 radical (unpaired) electrons. The van der Waals surface area contributed by atoms with Crippen molar-refractivity contribution in [1.82, 2.24) is 0 Å². The lowest BCUT2D eigenvalue weighted by Crippen LogP contribution is -2.05. The Morgan fingerprint density at radius 1 is 1.21 bits per heavy atom. The van der Waals surface area contributed by atoms with E-state index in [0.717, 1.165) is 6.26 Å². The van der Waals surface area contributed by atoms with Crippen LogP contribution in [-0.4, -0.2) is 14.7 Å². The summed E-state index contributed by atoms with van der Waals surface area (Å²) in [6, 6.07) is 2.97. The van der Waals surface area contributed by atoms with E-state index in [9.17, 15) is 8.42 Å². The highest BCUT2D eigenvalue weighted by molar-refractivity contribution is 7.90. The fraction of sp³-hybridized carbons (Fsp3) is 0.250. The highest BCUT2D eigenvalue weighted by atomic mass is 35.5. The normalized spacial score (nSPS) is 10.7. The molecule has 0 aliphatic heterocycles. The average Bonchev–Trinajstić information content (AvgIpc) is 1.98. The molecule has 4 N–H and O–H groups in total. The number of benzene rings is 1. The van der Waals surface area contributed by atoms with Crippen LogP contribution in [0.15, 0.2) is 17.0 Å². The van der Waals surface area contributed by atoms with Gasteiger partial charge in [-0.05, 0) is 24.6 Å². The molecule has 0 heterocycles. The monoisotopic (exact) mass is 236 g/mol. The Kier molecular flexibility index (Phi) is 3.79. The second kappa shape index (κ2) is 4.06. The average molecular weight is 237 g/mol. The van der Waals surface area contributed by atoms with Gasteiger partial charge in [0.05, 0.1) is 10.6 Å². The molecule has 0 atom stereocenters. The minimum absolute atomic E-state index is 0. The highest BCUT2D eigenvalue weighted by Crippen LogP contribution is 2.25. The molecule has 1 rings (SSSR count). The lowest BCUT2D eigenvalue weighted by atomic mass is 10.2. The third-order valence-corrected chi connectivity index (χ3v) is 3.07. The van der Waals surface area contributed by atoms with Gasteiger partial charge in [-0.1, -0.05) is 0 Å². The lowest BCUT2D eigenvalue weighted by molar-refractivity contribution is 0.602. The Balaban J connectivity index is 0.00000169.